The van der Waals surface area contributed by atoms with Crippen LogP contribution >= 0.6 is 0 Å². The Balaban J connectivity index is 2.18. The second-order valence-electron chi connectivity index (χ2n) is 2.66. The van der Waals surface area contributed by atoms with E-state index in [9.17, 15) is 0 Å². The lowest BCUT2D eigenvalue weighted by Crippen LogP contribution is -2.07. The highest BCUT2D eigenvalue weighted by molar-refractivity contribution is 5.31. The Hall–Kier alpha value is -1.26. The Bertz CT molecular complexity index is 262. The van der Waals surface area contributed by atoms with Gasteiger partial charge in [-0.25, -0.2) is 0 Å². The average molecular weight is 198 g/mol. The minimum absolute atomic E-state index is 0.160. The van der Waals surface area contributed by atoms with Gasteiger partial charge in [0.15, 0.2) is 6.79 Å². The normalized spacial score (nSPS) is 10.1. The first kappa shape index (κ1) is 10.8. The first-order chi connectivity index (χ1) is 6.83. The number of aromatic hydroxyl groups is 1. The molecule has 78 valence electrons. The molecule has 1 aromatic carbocycles. The van der Waals surface area contributed by atoms with E-state index in [1.54, 1.807) is 25.3 Å². The molecule has 1 rings (SSSR count). The molecule has 0 bridgehead atoms. The predicted octanol–water partition coefficient (Wildman–Crippen LogP) is 1.39. The molecule has 0 heterocycles. The number of phenolic OH excluding ortho intramolecular Hbond substituents is 1. The molecule has 0 unspecified atom stereocenters. The van der Waals surface area contributed by atoms with E-state index in [1.807, 2.05) is 0 Å². The molecular formula is C10H14O4. The van der Waals surface area contributed by atoms with E-state index in [0.29, 0.717) is 19.0 Å². The van der Waals surface area contributed by atoms with Crippen LogP contribution in [0.2, 0.25) is 0 Å². The fourth-order valence-corrected chi connectivity index (χ4v) is 0.884. The lowest BCUT2D eigenvalue weighted by Gasteiger charge is -2.06. The van der Waals surface area contributed by atoms with Gasteiger partial charge in [0.05, 0.1) is 13.2 Å². The van der Waals surface area contributed by atoms with Crippen molar-refractivity contribution in [3.8, 4) is 11.5 Å². The van der Waals surface area contributed by atoms with Crippen molar-refractivity contribution in [3.63, 3.8) is 0 Å². The van der Waals surface area contributed by atoms with Gasteiger partial charge in [0, 0.05) is 13.2 Å². The highest BCUT2D eigenvalue weighted by Crippen LogP contribution is 2.17. The van der Waals surface area contributed by atoms with Gasteiger partial charge in [-0.1, -0.05) is 6.07 Å². The smallest absolute Gasteiger partial charge is 0.189 e. The maximum Gasteiger partial charge on any atom is 0.189 e. The van der Waals surface area contributed by atoms with Crippen LogP contribution in [0.25, 0.3) is 0 Å². The molecular weight excluding hydrogens is 184 g/mol. The van der Waals surface area contributed by atoms with Crippen LogP contribution in [-0.2, 0) is 9.47 Å². The van der Waals surface area contributed by atoms with E-state index < -0.39 is 0 Å². The van der Waals surface area contributed by atoms with Gasteiger partial charge in [-0.3, -0.25) is 0 Å². The van der Waals surface area contributed by atoms with E-state index in [4.69, 9.17) is 19.3 Å². The van der Waals surface area contributed by atoms with Crippen molar-refractivity contribution in [3.05, 3.63) is 24.3 Å². The average Bonchev–Trinajstić information content (AvgIpc) is 2.18. The number of hydrogen-bond acceptors (Lipinski definition) is 4. The highest BCUT2D eigenvalue weighted by atomic mass is 16.7. The molecule has 1 N–H and O–H groups in total. The Morgan fingerprint density at radius 2 is 2.14 bits per heavy atom. The SMILES string of the molecule is COCCOCOc1cccc(O)c1. The summed E-state index contributed by atoms with van der Waals surface area (Å²) in [7, 11) is 1.61. The van der Waals surface area contributed by atoms with Crippen LogP contribution in [0, 0.1) is 0 Å². The zero-order chi connectivity index (χ0) is 10.2. The van der Waals surface area contributed by atoms with Gasteiger partial charge in [-0.05, 0) is 12.1 Å². The van der Waals surface area contributed by atoms with Crippen LogP contribution < -0.4 is 4.74 Å². The summed E-state index contributed by atoms with van der Waals surface area (Å²) in [6, 6.07) is 6.57. The summed E-state index contributed by atoms with van der Waals surface area (Å²) in [6.45, 7) is 1.20. The molecule has 0 atom stereocenters. The van der Waals surface area contributed by atoms with E-state index in [-0.39, 0.29) is 12.5 Å². The Kier molecular flexibility index (Phi) is 4.82. The number of phenols is 1. The second-order valence-corrected chi connectivity index (χ2v) is 2.66. The quantitative estimate of drug-likeness (QED) is 0.554. The largest absolute Gasteiger partial charge is 0.508 e. The van der Waals surface area contributed by atoms with Crippen LogP contribution in [0.3, 0.4) is 0 Å². The maximum absolute atomic E-state index is 9.11. The molecule has 4 nitrogen and oxygen atoms in total. The summed E-state index contributed by atoms with van der Waals surface area (Å²) in [5, 5.41) is 9.11. The molecule has 0 saturated carbocycles. The molecule has 0 aliphatic heterocycles. The third-order valence-corrected chi connectivity index (χ3v) is 1.56. The molecule has 0 saturated heterocycles. The van der Waals surface area contributed by atoms with Crippen molar-refractivity contribution in [1.29, 1.82) is 0 Å². The second kappa shape index (κ2) is 6.23. The van der Waals surface area contributed by atoms with Gasteiger partial charge in [0.2, 0.25) is 0 Å². The fraction of sp³-hybridized carbons (Fsp3) is 0.400. The molecule has 0 radical (unpaired) electrons. The first-order valence-corrected chi connectivity index (χ1v) is 4.31. The van der Waals surface area contributed by atoms with Gasteiger partial charge >= 0.3 is 0 Å². The summed E-state index contributed by atoms with van der Waals surface area (Å²) >= 11 is 0. The Morgan fingerprint density at radius 3 is 2.86 bits per heavy atom. The number of ether oxygens (including phenoxy) is 3. The van der Waals surface area contributed by atoms with E-state index in [1.165, 1.54) is 6.07 Å². The van der Waals surface area contributed by atoms with Crippen LogP contribution in [0.15, 0.2) is 24.3 Å². The highest BCUT2D eigenvalue weighted by Gasteiger charge is 1.94. The molecule has 4 heteroatoms. The van der Waals surface area contributed by atoms with Crippen LogP contribution in [-0.4, -0.2) is 32.2 Å². The fourth-order valence-electron chi connectivity index (χ4n) is 0.884. The maximum atomic E-state index is 9.11. The molecule has 0 spiro atoms. The summed E-state index contributed by atoms with van der Waals surface area (Å²) in [4.78, 5) is 0. The lowest BCUT2D eigenvalue weighted by molar-refractivity contribution is -0.00853. The molecule has 0 amide bonds. The summed E-state index contributed by atoms with van der Waals surface area (Å²) in [5.74, 6) is 0.766. The predicted molar refractivity (Wildman–Crippen MR) is 51.4 cm³/mol. The number of hydrogen-bond donors (Lipinski definition) is 1. The van der Waals surface area contributed by atoms with Crippen molar-refractivity contribution in [2.24, 2.45) is 0 Å². The molecule has 0 aliphatic carbocycles. The van der Waals surface area contributed by atoms with Gasteiger partial charge in [0.1, 0.15) is 11.5 Å². The van der Waals surface area contributed by atoms with E-state index in [0.717, 1.165) is 0 Å². The van der Waals surface area contributed by atoms with Crippen molar-refractivity contribution in [2.75, 3.05) is 27.1 Å². The van der Waals surface area contributed by atoms with Crippen LogP contribution in [0.1, 0.15) is 0 Å². The standard InChI is InChI=1S/C10H14O4/c1-12-5-6-13-8-14-10-4-2-3-9(11)7-10/h2-4,7,11H,5-6,8H2,1H3. The summed E-state index contributed by atoms with van der Waals surface area (Å²) < 4.78 is 15.1. The molecule has 0 fully saturated rings. The first-order valence-electron chi connectivity index (χ1n) is 4.31. The topological polar surface area (TPSA) is 47.9 Å². The lowest BCUT2D eigenvalue weighted by atomic mass is 10.3. The van der Waals surface area contributed by atoms with Crippen molar-refractivity contribution in [2.45, 2.75) is 0 Å². The Morgan fingerprint density at radius 1 is 1.29 bits per heavy atom. The zero-order valence-corrected chi connectivity index (χ0v) is 8.10. The van der Waals surface area contributed by atoms with Crippen LogP contribution in [0.5, 0.6) is 11.5 Å². The monoisotopic (exact) mass is 198 g/mol. The van der Waals surface area contributed by atoms with Crippen molar-refractivity contribution < 1.29 is 19.3 Å². The third-order valence-electron chi connectivity index (χ3n) is 1.56. The van der Waals surface area contributed by atoms with Crippen molar-refractivity contribution in [1.82, 2.24) is 0 Å². The molecule has 0 aliphatic rings. The van der Waals surface area contributed by atoms with Gasteiger partial charge in [-0.15, -0.1) is 0 Å². The third kappa shape index (κ3) is 4.11. The van der Waals surface area contributed by atoms with Gasteiger partial charge < -0.3 is 19.3 Å². The zero-order valence-electron chi connectivity index (χ0n) is 8.10. The summed E-state index contributed by atoms with van der Waals surface area (Å²) in [6.07, 6.45) is 0. The van der Waals surface area contributed by atoms with Crippen molar-refractivity contribution >= 4 is 0 Å². The van der Waals surface area contributed by atoms with Gasteiger partial charge in [0.25, 0.3) is 0 Å². The molecule has 1 aromatic rings. The van der Waals surface area contributed by atoms with Crippen LogP contribution in [0.4, 0.5) is 0 Å². The number of rotatable bonds is 6. The number of benzene rings is 1. The number of methoxy groups -OCH3 is 1. The van der Waals surface area contributed by atoms with E-state index in [2.05, 4.69) is 0 Å². The minimum Gasteiger partial charge on any atom is -0.508 e. The Labute approximate surface area is 83.0 Å². The molecule has 14 heavy (non-hydrogen) atoms. The minimum atomic E-state index is 0.160. The van der Waals surface area contributed by atoms with Gasteiger partial charge in [-0.2, -0.15) is 0 Å². The van der Waals surface area contributed by atoms with E-state index >= 15 is 0 Å². The molecule has 0 aromatic heterocycles. The summed E-state index contributed by atoms with van der Waals surface area (Å²) in [5.41, 5.74) is 0.